The van der Waals surface area contributed by atoms with Gasteiger partial charge in [0.2, 0.25) is 5.95 Å². The van der Waals surface area contributed by atoms with E-state index in [2.05, 4.69) is 173 Å². The molecule has 0 saturated carbocycles. The Labute approximate surface area is 321 Å². The molecule has 3 aromatic heterocycles. The molecule has 0 aliphatic rings. The summed E-state index contributed by atoms with van der Waals surface area (Å²) in [4.78, 5) is 15.5. The van der Waals surface area contributed by atoms with E-state index in [4.69, 9.17) is 15.0 Å². The van der Waals surface area contributed by atoms with E-state index in [1.165, 1.54) is 48.9 Å². The molecule has 56 heavy (non-hydrogen) atoms. The highest BCUT2D eigenvalue weighted by Crippen LogP contribution is 2.44. The summed E-state index contributed by atoms with van der Waals surface area (Å²) in [5.74, 6) is 1.82. The fourth-order valence-electron chi connectivity index (χ4n) is 8.85. The minimum Gasteiger partial charge on any atom is -0.309 e. The molecule has 0 fully saturated rings. The minimum atomic E-state index is 0.574. The van der Waals surface area contributed by atoms with Crippen molar-refractivity contribution in [3.63, 3.8) is 0 Å². The van der Waals surface area contributed by atoms with Gasteiger partial charge in [-0.1, -0.05) is 158 Å². The van der Waals surface area contributed by atoms with Crippen LogP contribution in [0.15, 0.2) is 188 Å². The van der Waals surface area contributed by atoms with Crippen molar-refractivity contribution in [3.8, 4) is 45.5 Å². The third-order valence-corrected chi connectivity index (χ3v) is 11.3. The first-order valence-electron chi connectivity index (χ1n) is 19.0. The SMILES string of the molecule is c1ccc(-c2ccc(-c3nc(-c4ccccc4)nc(-n4c5ccccc5c5ccc(-n6c7cccc8c9ccccc9c9cccc6c9c87)cc54)n3)cc2)cc1. The van der Waals surface area contributed by atoms with Crippen LogP contribution in [0.4, 0.5) is 0 Å². The van der Waals surface area contributed by atoms with E-state index in [0.717, 1.165) is 44.2 Å². The molecule has 0 atom stereocenters. The van der Waals surface area contributed by atoms with Crippen molar-refractivity contribution >= 4 is 65.2 Å². The van der Waals surface area contributed by atoms with Gasteiger partial charge in [0.05, 0.1) is 22.1 Å². The van der Waals surface area contributed by atoms with Gasteiger partial charge in [-0.2, -0.15) is 9.97 Å². The summed E-state index contributed by atoms with van der Waals surface area (Å²) >= 11 is 0. The number of aromatic nitrogens is 5. The zero-order valence-electron chi connectivity index (χ0n) is 30.1. The van der Waals surface area contributed by atoms with Gasteiger partial charge in [0.15, 0.2) is 11.6 Å². The molecule has 260 valence electrons. The molecule has 0 spiro atoms. The molecule has 0 unspecified atom stereocenters. The van der Waals surface area contributed by atoms with Gasteiger partial charge in [-0.3, -0.25) is 4.57 Å². The second-order valence-corrected chi connectivity index (χ2v) is 14.4. The Balaban J connectivity index is 1.11. The zero-order valence-corrected chi connectivity index (χ0v) is 30.1. The lowest BCUT2D eigenvalue weighted by Crippen LogP contribution is -2.06. The normalized spacial score (nSPS) is 11.9. The topological polar surface area (TPSA) is 48.5 Å². The minimum absolute atomic E-state index is 0.574. The third-order valence-electron chi connectivity index (χ3n) is 11.3. The molecule has 0 saturated heterocycles. The molecule has 12 aromatic rings. The Morgan fingerprint density at radius 1 is 0.286 bits per heavy atom. The first-order valence-corrected chi connectivity index (χ1v) is 19.0. The first kappa shape index (κ1) is 30.8. The lowest BCUT2D eigenvalue weighted by Gasteiger charge is -2.12. The maximum Gasteiger partial charge on any atom is 0.238 e. The average Bonchev–Trinajstić information content (AvgIpc) is 3.80. The van der Waals surface area contributed by atoms with Crippen molar-refractivity contribution in [1.82, 2.24) is 24.1 Å². The van der Waals surface area contributed by atoms with Crippen LogP contribution in [-0.2, 0) is 0 Å². The fraction of sp³-hybridized carbons (Fsp3) is 0. The molecular weight excluding hydrogens is 683 g/mol. The maximum atomic E-state index is 5.25. The van der Waals surface area contributed by atoms with E-state index in [-0.39, 0.29) is 0 Å². The molecule has 0 amide bonds. The van der Waals surface area contributed by atoms with Crippen LogP contribution >= 0.6 is 0 Å². The van der Waals surface area contributed by atoms with Crippen molar-refractivity contribution in [1.29, 1.82) is 0 Å². The highest BCUT2D eigenvalue weighted by atomic mass is 15.2. The zero-order chi connectivity index (χ0) is 36.7. The summed E-state index contributed by atoms with van der Waals surface area (Å²) in [7, 11) is 0. The number of rotatable bonds is 5. The molecule has 3 heterocycles. The van der Waals surface area contributed by atoms with E-state index in [0.29, 0.717) is 17.6 Å². The van der Waals surface area contributed by atoms with Crippen LogP contribution in [0.1, 0.15) is 0 Å². The first-order chi connectivity index (χ1) is 27.8. The smallest absolute Gasteiger partial charge is 0.238 e. The quantitative estimate of drug-likeness (QED) is 0.167. The Morgan fingerprint density at radius 3 is 1.39 bits per heavy atom. The van der Waals surface area contributed by atoms with Crippen LogP contribution in [0, 0.1) is 0 Å². The Hall–Kier alpha value is -7.63. The molecule has 0 radical (unpaired) electrons. The molecule has 0 aliphatic carbocycles. The van der Waals surface area contributed by atoms with Gasteiger partial charge in [-0.05, 0) is 63.0 Å². The van der Waals surface area contributed by atoms with E-state index in [9.17, 15) is 0 Å². The van der Waals surface area contributed by atoms with Gasteiger partial charge < -0.3 is 4.57 Å². The molecule has 0 aliphatic heterocycles. The molecule has 0 N–H and O–H groups in total. The highest BCUT2D eigenvalue weighted by Gasteiger charge is 2.22. The van der Waals surface area contributed by atoms with Crippen LogP contribution in [0.3, 0.4) is 0 Å². The molecule has 5 heteroatoms. The second kappa shape index (κ2) is 11.9. The Kier molecular flexibility index (Phi) is 6.56. The number of benzene rings is 9. The van der Waals surface area contributed by atoms with Crippen molar-refractivity contribution in [2.45, 2.75) is 0 Å². The van der Waals surface area contributed by atoms with Gasteiger partial charge in [-0.25, -0.2) is 4.98 Å². The van der Waals surface area contributed by atoms with Gasteiger partial charge in [0.1, 0.15) is 0 Å². The van der Waals surface area contributed by atoms with Gasteiger partial charge >= 0.3 is 0 Å². The monoisotopic (exact) mass is 713 g/mol. The molecule has 12 rings (SSSR count). The lowest BCUT2D eigenvalue weighted by atomic mass is 9.95. The van der Waals surface area contributed by atoms with Gasteiger partial charge in [0, 0.05) is 38.4 Å². The Bertz CT molecular complexity index is 3370. The standard InChI is InChI=1S/C51H31N5/c1-3-13-32(14-4-1)33-25-27-35(28-26-33)50-52-49(34-15-5-2-6-16-34)53-51(54-50)56-43-22-10-9-19-39(43)40-30-29-36(31-46(40)56)55-44-23-11-20-41-37-17-7-8-18-38(37)42-21-12-24-45(55)48(42)47(41)44/h1-31H. The van der Waals surface area contributed by atoms with E-state index in [1.54, 1.807) is 0 Å². The molecule has 0 bridgehead atoms. The van der Waals surface area contributed by atoms with Crippen LogP contribution in [0.25, 0.3) is 111 Å². The second-order valence-electron chi connectivity index (χ2n) is 14.4. The maximum absolute atomic E-state index is 5.25. The third kappa shape index (κ3) is 4.52. The van der Waals surface area contributed by atoms with Crippen molar-refractivity contribution in [2.24, 2.45) is 0 Å². The predicted octanol–water partition coefficient (Wildman–Crippen LogP) is 12.8. The van der Waals surface area contributed by atoms with E-state index < -0.39 is 0 Å². The summed E-state index contributed by atoms with van der Waals surface area (Å²) < 4.78 is 4.64. The lowest BCUT2D eigenvalue weighted by molar-refractivity contribution is 0.953. The van der Waals surface area contributed by atoms with Gasteiger partial charge in [-0.15, -0.1) is 0 Å². The molecule has 9 aromatic carbocycles. The highest BCUT2D eigenvalue weighted by molar-refractivity contribution is 6.34. The number of hydrogen-bond donors (Lipinski definition) is 0. The van der Waals surface area contributed by atoms with E-state index >= 15 is 0 Å². The number of fused-ring (bicyclic) bond motifs is 6. The number of hydrogen-bond acceptors (Lipinski definition) is 3. The summed E-state index contributed by atoms with van der Waals surface area (Å²) in [5.41, 5.74) is 9.70. The fourth-order valence-corrected chi connectivity index (χ4v) is 8.85. The number of nitrogens with zero attached hydrogens (tertiary/aromatic N) is 5. The van der Waals surface area contributed by atoms with Gasteiger partial charge in [0.25, 0.3) is 0 Å². The van der Waals surface area contributed by atoms with Crippen LogP contribution in [0.5, 0.6) is 0 Å². The predicted molar refractivity (Wildman–Crippen MR) is 231 cm³/mol. The molecular formula is C51H31N5. The summed E-state index contributed by atoms with van der Waals surface area (Å²) in [5, 5.41) is 9.98. The van der Waals surface area contributed by atoms with Crippen molar-refractivity contribution in [3.05, 3.63) is 188 Å². The number of para-hydroxylation sites is 1. The average molecular weight is 714 g/mol. The van der Waals surface area contributed by atoms with Crippen LogP contribution in [0.2, 0.25) is 0 Å². The van der Waals surface area contributed by atoms with Crippen LogP contribution < -0.4 is 0 Å². The largest absolute Gasteiger partial charge is 0.309 e. The summed E-state index contributed by atoms with van der Waals surface area (Å²) in [6.45, 7) is 0. The van der Waals surface area contributed by atoms with E-state index in [1.807, 2.05) is 24.3 Å². The van der Waals surface area contributed by atoms with Crippen molar-refractivity contribution in [2.75, 3.05) is 0 Å². The van der Waals surface area contributed by atoms with Crippen molar-refractivity contribution < 1.29 is 0 Å². The Morgan fingerprint density at radius 2 is 0.750 bits per heavy atom. The summed E-state index contributed by atoms with van der Waals surface area (Å²) in [6.07, 6.45) is 0. The summed E-state index contributed by atoms with van der Waals surface area (Å²) in [6, 6.07) is 66.7. The molecule has 5 nitrogen and oxygen atoms in total. The van der Waals surface area contributed by atoms with Crippen LogP contribution in [-0.4, -0.2) is 24.1 Å².